The van der Waals surface area contributed by atoms with Gasteiger partial charge in [-0.15, -0.1) is 0 Å². The summed E-state index contributed by atoms with van der Waals surface area (Å²) in [6, 6.07) is 9.45. The van der Waals surface area contributed by atoms with Gasteiger partial charge in [0, 0.05) is 6.20 Å². The molecule has 0 bridgehead atoms. The quantitative estimate of drug-likeness (QED) is 0.833. The highest BCUT2D eigenvalue weighted by molar-refractivity contribution is 5.86. The monoisotopic (exact) mass is 258 g/mol. The fraction of sp³-hybridized carbons (Fsp3) is 0.286. The molecule has 2 aromatic rings. The largest absolute Gasteiger partial charge is 0.368 e. The number of aromatic nitrogens is 2. The fourth-order valence-electron chi connectivity index (χ4n) is 2.18. The van der Waals surface area contributed by atoms with E-state index < -0.39 is 11.4 Å². The Morgan fingerprint density at radius 1 is 1.42 bits per heavy atom. The number of amides is 1. The summed E-state index contributed by atoms with van der Waals surface area (Å²) in [5.74, 6) is -0.422. The Kier molecular flexibility index (Phi) is 3.66. The van der Waals surface area contributed by atoms with Crippen LogP contribution in [0.4, 0.5) is 0 Å². The van der Waals surface area contributed by atoms with Crippen LogP contribution in [0.2, 0.25) is 0 Å². The average molecular weight is 258 g/mol. The van der Waals surface area contributed by atoms with Crippen LogP contribution in [0.3, 0.4) is 0 Å². The van der Waals surface area contributed by atoms with Gasteiger partial charge in [-0.3, -0.25) is 9.48 Å². The summed E-state index contributed by atoms with van der Waals surface area (Å²) < 4.78 is 1.73. The van der Waals surface area contributed by atoms with Gasteiger partial charge in [0.25, 0.3) is 0 Å². The van der Waals surface area contributed by atoms with Gasteiger partial charge < -0.3 is 11.1 Å². The molecule has 100 valence electrons. The van der Waals surface area contributed by atoms with E-state index in [4.69, 9.17) is 5.73 Å². The number of primary amides is 1. The number of nitrogens with two attached hydrogens (primary N) is 1. The molecule has 1 aromatic carbocycles. The summed E-state index contributed by atoms with van der Waals surface area (Å²) in [5, 5.41) is 7.28. The molecule has 5 nitrogen and oxygen atoms in total. The molecule has 0 aliphatic carbocycles. The van der Waals surface area contributed by atoms with Crippen LogP contribution in [0.25, 0.3) is 0 Å². The van der Waals surface area contributed by atoms with Crippen molar-refractivity contribution in [3.8, 4) is 0 Å². The van der Waals surface area contributed by atoms with Crippen molar-refractivity contribution in [3.63, 3.8) is 0 Å². The Hall–Kier alpha value is -2.14. The van der Waals surface area contributed by atoms with Crippen molar-refractivity contribution in [2.75, 3.05) is 7.05 Å². The van der Waals surface area contributed by atoms with Crippen molar-refractivity contribution in [3.05, 3.63) is 53.9 Å². The van der Waals surface area contributed by atoms with E-state index in [2.05, 4.69) is 10.4 Å². The molecule has 0 fully saturated rings. The number of nitrogens with one attached hydrogen (secondary N) is 1. The zero-order valence-corrected chi connectivity index (χ0v) is 11.1. The van der Waals surface area contributed by atoms with Gasteiger partial charge in [0.1, 0.15) is 5.54 Å². The molecule has 0 aliphatic heterocycles. The predicted octanol–water partition coefficient (Wildman–Crippen LogP) is 0.792. The third-order valence-electron chi connectivity index (χ3n) is 3.28. The molecule has 1 unspecified atom stereocenters. The minimum Gasteiger partial charge on any atom is -0.368 e. The van der Waals surface area contributed by atoms with Gasteiger partial charge in [-0.25, -0.2) is 0 Å². The summed E-state index contributed by atoms with van der Waals surface area (Å²) in [6.07, 6.45) is 3.64. The molecule has 5 heteroatoms. The third-order valence-corrected chi connectivity index (χ3v) is 3.28. The van der Waals surface area contributed by atoms with Crippen LogP contribution in [-0.4, -0.2) is 22.7 Å². The molecule has 1 amide bonds. The van der Waals surface area contributed by atoms with E-state index in [1.54, 1.807) is 17.9 Å². The molecule has 1 heterocycles. The van der Waals surface area contributed by atoms with Crippen molar-refractivity contribution in [1.82, 2.24) is 15.1 Å². The number of hydrogen-bond donors (Lipinski definition) is 2. The molecule has 19 heavy (non-hydrogen) atoms. The predicted molar refractivity (Wildman–Crippen MR) is 73.3 cm³/mol. The lowest BCUT2D eigenvalue weighted by Gasteiger charge is -2.30. The van der Waals surface area contributed by atoms with Gasteiger partial charge >= 0.3 is 0 Å². The zero-order chi connectivity index (χ0) is 13.9. The first kappa shape index (κ1) is 13.3. The lowest BCUT2D eigenvalue weighted by molar-refractivity contribution is -0.125. The minimum atomic E-state index is -0.959. The van der Waals surface area contributed by atoms with E-state index in [-0.39, 0.29) is 0 Å². The number of rotatable bonds is 5. The van der Waals surface area contributed by atoms with Crippen molar-refractivity contribution in [1.29, 1.82) is 0 Å². The molecular weight excluding hydrogens is 240 g/mol. The van der Waals surface area contributed by atoms with E-state index in [1.807, 2.05) is 43.5 Å². The number of likely N-dealkylation sites (N-methyl/N-ethyl adjacent to an activating group) is 1. The van der Waals surface area contributed by atoms with Crippen LogP contribution in [0.5, 0.6) is 0 Å². The molecule has 0 saturated carbocycles. The highest BCUT2D eigenvalue weighted by Gasteiger charge is 2.37. The summed E-state index contributed by atoms with van der Waals surface area (Å²) in [7, 11) is 1.73. The van der Waals surface area contributed by atoms with Crippen molar-refractivity contribution < 1.29 is 4.79 Å². The second kappa shape index (κ2) is 5.24. The molecule has 2 rings (SSSR count). The van der Waals surface area contributed by atoms with Crippen LogP contribution < -0.4 is 11.1 Å². The summed E-state index contributed by atoms with van der Waals surface area (Å²) in [4.78, 5) is 12.0. The molecule has 3 N–H and O–H groups in total. The maximum absolute atomic E-state index is 12.0. The Bertz CT molecular complexity index is 564. The standard InChI is InChI=1S/C14H18N4O/c1-11-8-17-18(9-11)10-14(16-2,13(15)19)12-6-4-3-5-7-12/h3-9,16H,10H2,1-2H3,(H2,15,19). The summed E-state index contributed by atoms with van der Waals surface area (Å²) in [5.41, 5.74) is 6.54. The van der Waals surface area contributed by atoms with E-state index in [1.165, 1.54) is 0 Å². The molecule has 0 spiro atoms. The van der Waals surface area contributed by atoms with Crippen LogP contribution in [-0.2, 0) is 16.9 Å². The van der Waals surface area contributed by atoms with E-state index in [0.717, 1.165) is 11.1 Å². The smallest absolute Gasteiger partial charge is 0.244 e. The van der Waals surface area contributed by atoms with Gasteiger partial charge in [0.05, 0.1) is 12.7 Å². The molecule has 0 saturated heterocycles. The Morgan fingerprint density at radius 3 is 2.58 bits per heavy atom. The van der Waals surface area contributed by atoms with E-state index >= 15 is 0 Å². The zero-order valence-electron chi connectivity index (χ0n) is 11.1. The van der Waals surface area contributed by atoms with Crippen LogP contribution >= 0.6 is 0 Å². The first-order valence-electron chi connectivity index (χ1n) is 6.12. The highest BCUT2D eigenvalue weighted by atomic mass is 16.1. The number of nitrogens with zero attached hydrogens (tertiary/aromatic N) is 2. The summed E-state index contributed by atoms with van der Waals surface area (Å²) in [6.45, 7) is 2.31. The lowest BCUT2D eigenvalue weighted by atomic mass is 9.89. The van der Waals surface area contributed by atoms with Gasteiger partial charge in [0.15, 0.2) is 0 Å². The SMILES string of the molecule is CNC(Cn1cc(C)cn1)(C(N)=O)c1ccccc1. The number of benzene rings is 1. The number of carbonyl (C=O) groups excluding carboxylic acids is 1. The van der Waals surface area contributed by atoms with Crippen molar-refractivity contribution in [2.45, 2.75) is 19.0 Å². The normalized spacial score (nSPS) is 14.0. The first-order valence-corrected chi connectivity index (χ1v) is 6.12. The van der Waals surface area contributed by atoms with Crippen LogP contribution in [0, 0.1) is 6.92 Å². The topological polar surface area (TPSA) is 72.9 Å². The number of carbonyl (C=O) groups is 1. The van der Waals surface area contributed by atoms with Gasteiger partial charge in [0.2, 0.25) is 5.91 Å². The molecule has 1 atom stereocenters. The van der Waals surface area contributed by atoms with Crippen LogP contribution in [0.1, 0.15) is 11.1 Å². The first-order chi connectivity index (χ1) is 9.08. The average Bonchev–Trinajstić information content (AvgIpc) is 2.82. The fourth-order valence-corrected chi connectivity index (χ4v) is 2.18. The van der Waals surface area contributed by atoms with Gasteiger partial charge in [-0.05, 0) is 25.1 Å². The Balaban J connectivity index is 2.43. The minimum absolute atomic E-state index is 0.358. The molecule has 0 radical (unpaired) electrons. The third kappa shape index (κ3) is 2.51. The molecule has 1 aromatic heterocycles. The highest BCUT2D eigenvalue weighted by Crippen LogP contribution is 2.22. The van der Waals surface area contributed by atoms with Crippen LogP contribution in [0.15, 0.2) is 42.7 Å². The van der Waals surface area contributed by atoms with Crippen molar-refractivity contribution in [2.24, 2.45) is 5.73 Å². The number of aryl methyl sites for hydroxylation is 1. The van der Waals surface area contributed by atoms with Gasteiger partial charge in [-0.2, -0.15) is 5.10 Å². The molecule has 0 aliphatic rings. The Morgan fingerprint density at radius 2 is 2.11 bits per heavy atom. The second-order valence-corrected chi connectivity index (χ2v) is 4.60. The molecular formula is C14H18N4O. The van der Waals surface area contributed by atoms with Crippen molar-refractivity contribution >= 4 is 5.91 Å². The Labute approximate surface area is 112 Å². The maximum atomic E-state index is 12.0. The second-order valence-electron chi connectivity index (χ2n) is 4.60. The van der Waals surface area contributed by atoms with Gasteiger partial charge in [-0.1, -0.05) is 30.3 Å². The summed E-state index contributed by atoms with van der Waals surface area (Å²) >= 11 is 0. The number of hydrogen-bond acceptors (Lipinski definition) is 3. The van der Waals surface area contributed by atoms with E-state index in [9.17, 15) is 4.79 Å². The lowest BCUT2D eigenvalue weighted by Crippen LogP contribution is -2.54. The van der Waals surface area contributed by atoms with E-state index in [0.29, 0.717) is 6.54 Å². The maximum Gasteiger partial charge on any atom is 0.244 e.